The molecule has 1 aromatic rings. The largest absolute Gasteiger partial charge is 0.394 e. The highest BCUT2D eigenvalue weighted by atomic mass is 19.1. The van der Waals surface area contributed by atoms with Crippen LogP contribution in [0.2, 0.25) is 0 Å². The van der Waals surface area contributed by atoms with Gasteiger partial charge in [-0.3, -0.25) is 0 Å². The summed E-state index contributed by atoms with van der Waals surface area (Å²) >= 11 is 0. The molecule has 0 unspecified atom stereocenters. The van der Waals surface area contributed by atoms with Gasteiger partial charge in [0.15, 0.2) is 0 Å². The van der Waals surface area contributed by atoms with Crippen molar-refractivity contribution in [2.75, 3.05) is 31.2 Å². The van der Waals surface area contributed by atoms with E-state index in [4.69, 9.17) is 9.84 Å². The van der Waals surface area contributed by atoms with Crippen LogP contribution in [0.1, 0.15) is 12.8 Å². The Kier molecular flexibility index (Phi) is 4.28. The number of aliphatic hydroxyl groups excluding tert-OH is 1. The normalized spacial score (nSPS) is 17.4. The molecule has 0 saturated carbocycles. The van der Waals surface area contributed by atoms with Crippen molar-refractivity contribution in [2.45, 2.75) is 18.9 Å². The molecule has 0 spiro atoms. The van der Waals surface area contributed by atoms with Crippen LogP contribution in [0.3, 0.4) is 0 Å². The zero-order valence-electron chi connectivity index (χ0n) is 9.68. The lowest BCUT2D eigenvalue weighted by atomic mass is 10.1. The summed E-state index contributed by atoms with van der Waals surface area (Å²) in [6, 6.07) is 3.27. The van der Waals surface area contributed by atoms with Gasteiger partial charge in [0, 0.05) is 31.0 Å². The average Bonchev–Trinajstić information content (AvgIpc) is 2.37. The first-order valence-corrected chi connectivity index (χ1v) is 5.88. The van der Waals surface area contributed by atoms with Gasteiger partial charge in [0.1, 0.15) is 0 Å². The Balaban J connectivity index is 1.86. The molecule has 1 aliphatic rings. The molecule has 4 nitrogen and oxygen atoms in total. The third kappa shape index (κ3) is 3.38. The van der Waals surface area contributed by atoms with Crippen molar-refractivity contribution >= 4 is 5.69 Å². The van der Waals surface area contributed by atoms with Crippen molar-refractivity contribution in [1.29, 1.82) is 0 Å². The van der Waals surface area contributed by atoms with Crippen LogP contribution in [0.25, 0.3) is 0 Å². The molecule has 1 N–H and O–H groups in total. The molecule has 2 rings (SSSR count). The van der Waals surface area contributed by atoms with Crippen molar-refractivity contribution in [3.8, 4) is 0 Å². The predicted molar refractivity (Wildman–Crippen MR) is 62.5 cm³/mol. The molecule has 0 radical (unpaired) electrons. The molecule has 0 aliphatic carbocycles. The Morgan fingerprint density at radius 2 is 2.24 bits per heavy atom. The van der Waals surface area contributed by atoms with Crippen LogP contribution in [0.5, 0.6) is 0 Å². The number of rotatable bonds is 4. The SMILES string of the molecule is OCCOC1CCN(c2ccnc(F)c2)CC1. The van der Waals surface area contributed by atoms with Gasteiger partial charge in [0.25, 0.3) is 0 Å². The van der Waals surface area contributed by atoms with Gasteiger partial charge in [0.2, 0.25) is 5.95 Å². The molecule has 1 aliphatic heterocycles. The summed E-state index contributed by atoms with van der Waals surface area (Å²) in [7, 11) is 0. The Labute approximate surface area is 100 Å². The number of halogens is 1. The number of piperidine rings is 1. The first-order chi connectivity index (χ1) is 8.29. The van der Waals surface area contributed by atoms with Crippen LogP contribution in [-0.2, 0) is 4.74 Å². The Morgan fingerprint density at radius 3 is 2.88 bits per heavy atom. The molecule has 17 heavy (non-hydrogen) atoms. The third-order valence-corrected chi connectivity index (χ3v) is 2.96. The molecule has 1 fully saturated rings. The smallest absolute Gasteiger partial charge is 0.214 e. The fourth-order valence-corrected chi connectivity index (χ4v) is 2.09. The predicted octanol–water partition coefficient (Wildman–Crippen LogP) is 1.20. The third-order valence-electron chi connectivity index (χ3n) is 2.96. The number of ether oxygens (including phenoxy) is 1. The van der Waals surface area contributed by atoms with Crippen LogP contribution in [-0.4, -0.2) is 42.5 Å². The second-order valence-electron chi connectivity index (χ2n) is 4.12. The monoisotopic (exact) mass is 240 g/mol. The van der Waals surface area contributed by atoms with E-state index in [0.29, 0.717) is 6.61 Å². The summed E-state index contributed by atoms with van der Waals surface area (Å²) in [5, 5.41) is 8.67. The maximum absolute atomic E-state index is 13.0. The van der Waals surface area contributed by atoms with Gasteiger partial charge in [-0.05, 0) is 18.9 Å². The molecule has 2 heterocycles. The topological polar surface area (TPSA) is 45.6 Å². The maximum Gasteiger partial charge on any atom is 0.214 e. The van der Waals surface area contributed by atoms with Gasteiger partial charge in [0.05, 0.1) is 19.3 Å². The molecule has 5 heteroatoms. The van der Waals surface area contributed by atoms with E-state index in [0.717, 1.165) is 31.6 Å². The van der Waals surface area contributed by atoms with E-state index in [1.165, 1.54) is 12.3 Å². The van der Waals surface area contributed by atoms with E-state index in [2.05, 4.69) is 9.88 Å². The average molecular weight is 240 g/mol. The fraction of sp³-hybridized carbons (Fsp3) is 0.583. The first-order valence-electron chi connectivity index (χ1n) is 5.88. The Hall–Kier alpha value is -1.20. The first kappa shape index (κ1) is 12.3. The number of pyridine rings is 1. The van der Waals surface area contributed by atoms with Crippen LogP contribution < -0.4 is 4.90 Å². The lowest BCUT2D eigenvalue weighted by Crippen LogP contribution is -2.37. The number of aliphatic hydroxyl groups is 1. The number of hydrogen-bond donors (Lipinski definition) is 1. The van der Waals surface area contributed by atoms with Gasteiger partial charge < -0.3 is 14.7 Å². The lowest BCUT2D eigenvalue weighted by molar-refractivity contribution is 0.0159. The minimum absolute atomic E-state index is 0.0653. The van der Waals surface area contributed by atoms with Crippen molar-refractivity contribution < 1.29 is 14.2 Å². The van der Waals surface area contributed by atoms with Gasteiger partial charge in [-0.1, -0.05) is 0 Å². The zero-order valence-corrected chi connectivity index (χ0v) is 9.68. The van der Waals surface area contributed by atoms with E-state index in [9.17, 15) is 4.39 Å². The molecule has 0 amide bonds. The number of nitrogens with zero attached hydrogens (tertiary/aromatic N) is 2. The van der Waals surface area contributed by atoms with E-state index in [-0.39, 0.29) is 12.7 Å². The van der Waals surface area contributed by atoms with E-state index in [1.54, 1.807) is 0 Å². The zero-order chi connectivity index (χ0) is 12.1. The second kappa shape index (κ2) is 5.93. The van der Waals surface area contributed by atoms with E-state index >= 15 is 0 Å². The molecule has 1 aromatic heterocycles. The molecule has 0 aromatic carbocycles. The second-order valence-corrected chi connectivity index (χ2v) is 4.12. The molecular formula is C12H17FN2O2. The van der Waals surface area contributed by atoms with Crippen LogP contribution >= 0.6 is 0 Å². The minimum Gasteiger partial charge on any atom is -0.394 e. The van der Waals surface area contributed by atoms with Crippen LogP contribution in [0.15, 0.2) is 18.3 Å². The quantitative estimate of drug-likeness (QED) is 0.803. The van der Waals surface area contributed by atoms with Crippen LogP contribution in [0.4, 0.5) is 10.1 Å². The highest BCUT2D eigenvalue weighted by Gasteiger charge is 2.19. The van der Waals surface area contributed by atoms with Crippen molar-refractivity contribution in [3.63, 3.8) is 0 Å². The van der Waals surface area contributed by atoms with Gasteiger partial charge >= 0.3 is 0 Å². The van der Waals surface area contributed by atoms with Gasteiger partial charge in [-0.15, -0.1) is 0 Å². The molecular weight excluding hydrogens is 223 g/mol. The molecule has 0 bridgehead atoms. The highest BCUT2D eigenvalue weighted by Crippen LogP contribution is 2.21. The van der Waals surface area contributed by atoms with Crippen molar-refractivity contribution in [2.24, 2.45) is 0 Å². The fourth-order valence-electron chi connectivity index (χ4n) is 2.09. The summed E-state index contributed by atoms with van der Waals surface area (Å²) in [6.45, 7) is 2.16. The lowest BCUT2D eigenvalue weighted by Gasteiger charge is -2.33. The van der Waals surface area contributed by atoms with Gasteiger partial charge in [-0.2, -0.15) is 4.39 Å². The number of hydrogen-bond acceptors (Lipinski definition) is 4. The van der Waals surface area contributed by atoms with Crippen molar-refractivity contribution in [3.05, 3.63) is 24.3 Å². The number of anilines is 1. The highest BCUT2D eigenvalue weighted by molar-refractivity contribution is 5.45. The Morgan fingerprint density at radius 1 is 1.47 bits per heavy atom. The summed E-state index contributed by atoms with van der Waals surface area (Å²) in [6.07, 6.45) is 3.51. The van der Waals surface area contributed by atoms with Crippen molar-refractivity contribution in [1.82, 2.24) is 4.98 Å². The summed E-state index contributed by atoms with van der Waals surface area (Å²) in [5.41, 5.74) is 0.873. The number of aromatic nitrogens is 1. The Bertz CT molecular complexity index is 354. The molecule has 0 atom stereocenters. The van der Waals surface area contributed by atoms with E-state index < -0.39 is 5.95 Å². The minimum atomic E-state index is -0.443. The standard InChI is InChI=1S/C12H17FN2O2/c13-12-9-10(1-4-14-12)15-5-2-11(3-6-15)17-8-7-16/h1,4,9,11,16H,2-3,5-8H2. The van der Waals surface area contributed by atoms with Gasteiger partial charge in [-0.25, -0.2) is 4.98 Å². The van der Waals surface area contributed by atoms with Crippen LogP contribution in [0, 0.1) is 5.95 Å². The molecule has 1 saturated heterocycles. The maximum atomic E-state index is 13.0. The summed E-state index contributed by atoms with van der Waals surface area (Å²) < 4.78 is 18.5. The summed E-state index contributed by atoms with van der Waals surface area (Å²) in [4.78, 5) is 5.67. The van der Waals surface area contributed by atoms with E-state index in [1.807, 2.05) is 6.07 Å². The summed E-state index contributed by atoms with van der Waals surface area (Å²) in [5.74, 6) is -0.443. The molecule has 94 valence electrons.